The van der Waals surface area contributed by atoms with Crippen molar-refractivity contribution in [2.24, 2.45) is 5.92 Å². The van der Waals surface area contributed by atoms with Crippen LogP contribution in [-0.2, 0) is 16.0 Å². The molecule has 0 aromatic heterocycles. The number of amides is 1. The van der Waals surface area contributed by atoms with E-state index < -0.39 is 11.9 Å². The number of carbonyl (C=O) groups excluding carboxylic acids is 1. The highest BCUT2D eigenvalue weighted by molar-refractivity contribution is 5.86. The van der Waals surface area contributed by atoms with E-state index in [1.165, 1.54) is 5.56 Å². The maximum atomic E-state index is 11.8. The predicted molar refractivity (Wildman–Crippen MR) is 71.6 cm³/mol. The van der Waals surface area contributed by atoms with Crippen molar-refractivity contribution in [2.45, 2.75) is 25.9 Å². The highest BCUT2D eigenvalue weighted by Crippen LogP contribution is 2.30. The normalized spacial score (nSPS) is 24.6. The van der Waals surface area contributed by atoms with Gasteiger partial charge in [0.15, 0.2) is 0 Å². The molecule has 2 unspecified atom stereocenters. The van der Waals surface area contributed by atoms with Crippen LogP contribution in [0, 0.1) is 12.8 Å². The molecule has 0 aliphatic carbocycles. The van der Waals surface area contributed by atoms with Gasteiger partial charge in [-0.05, 0) is 18.6 Å². The van der Waals surface area contributed by atoms with Crippen molar-refractivity contribution < 1.29 is 19.4 Å². The number of ether oxygens (including phenoxy) is 1. The molecule has 2 aliphatic heterocycles. The first-order valence-corrected chi connectivity index (χ1v) is 6.79. The summed E-state index contributed by atoms with van der Waals surface area (Å²) in [6.07, 6.45) is 0.815. The van der Waals surface area contributed by atoms with Gasteiger partial charge in [-0.25, -0.2) is 0 Å². The van der Waals surface area contributed by atoms with E-state index in [9.17, 15) is 9.59 Å². The molecule has 1 saturated heterocycles. The van der Waals surface area contributed by atoms with E-state index in [1.54, 1.807) is 4.90 Å². The fraction of sp³-hybridized carbons (Fsp3) is 0.467. The van der Waals surface area contributed by atoms with E-state index in [2.05, 4.69) is 6.07 Å². The third kappa shape index (κ3) is 2.35. The van der Waals surface area contributed by atoms with E-state index in [0.29, 0.717) is 13.1 Å². The van der Waals surface area contributed by atoms with E-state index in [-0.39, 0.29) is 18.4 Å². The maximum Gasteiger partial charge on any atom is 0.308 e. The van der Waals surface area contributed by atoms with Crippen molar-refractivity contribution in [2.75, 3.05) is 13.1 Å². The number of fused-ring (bicyclic) bond motifs is 1. The fourth-order valence-electron chi connectivity index (χ4n) is 2.91. The van der Waals surface area contributed by atoms with Crippen LogP contribution in [0.2, 0.25) is 0 Å². The van der Waals surface area contributed by atoms with Gasteiger partial charge in [0.05, 0.1) is 12.5 Å². The first-order valence-electron chi connectivity index (χ1n) is 6.79. The van der Waals surface area contributed by atoms with E-state index in [4.69, 9.17) is 9.84 Å². The number of hydrogen-bond donors (Lipinski definition) is 1. The smallest absolute Gasteiger partial charge is 0.308 e. The monoisotopic (exact) mass is 275 g/mol. The van der Waals surface area contributed by atoms with Crippen LogP contribution in [0.3, 0.4) is 0 Å². The number of rotatable bonds is 3. The Morgan fingerprint density at radius 2 is 2.25 bits per heavy atom. The maximum absolute atomic E-state index is 11.8. The van der Waals surface area contributed by atoms with Gasteiger partial charge in [-0.15, -0.1) is 0 Å². The van der Waals surface area contributed by atoms with Gasteiger partial charge in [0.2, 0.25) is 5.91 Å². The average Bonchev–Trinajstić information content (AvgIpc) is 2.93. The van der Waals surface area contributed by atoms with E-state index >= 15 is 0 Å². The first kappa shape index (κ1) is 13.0. The lowest BCUT2D eigenvalue weighted by Gasteiger charge is -2.20. The number of hydrogen-bond acceptors (Lipinski definition) is 3. The van der Waals surface area contributed by atoms with E-state index in [1.807, 2.05) is 19.1 Å². The molecule has 20 heavy (non-hydrogen) atoms. The van der Waals surface area contributed by atoms with Crippen molar-refractivity contribution in [3.63, 3.8) is 0 Å². The van der Waals surface area contributed by atoms with Crippen LogP contribution in [0.4, 0.5) is 0 Å². The summed E-state index contributed by atoms with van der Waals surface area (Å²) in [6, 6.07) is 6.06. The molecule has 106 valence electrons. The Kier molecular flexibility index (Phi) is 3.12. The molecule has 0 spiro atoms. The number of carboxylic acid groups (broad SMARTS) is 1. The Bertz CT molecular complexity index is 569. The average molecular weight is 275 g/mol. The van der Waals surface area contributed by atoms with Gasteiger partial charge in [-0.3, -0.25) is 9.59 Å². The minimum atomic E-state index is -0.896. The van der Waals surface area contributed by atoms with Gasteiger partial charge in [-0.2, -0.15) is 0 Å². The van der Waals surface area contributed by atoms with Crippen LogP contribution in [0.5, 0.6) is 5.75 Å². The van der Waals surface area contributed by atoms with Crippen LogP contribution < -0.4 is 4.74 Å². The van der Waals surface area contributed by atoms with Gasteiger partial charge >= 0.3 is 5.97 Å². The molecule has 1 amide bonds. The Hall–Kier alpha value is -2.04. The zero-order valence-corrected chi connectivity index (χ0v) is 11.3. The third-order valence-corrected chi connectivity index (χ3v) is 3.94. The zero-order chi connectivity index (χ0) is 14.3. The number of aliphatic carboxylic acids is 1. The van der Waals surface area contributed by atoms with Gasteiger partial charge in [0.25, 0.3) is 0 Å². The molecule has 5 nitrogen and oxygen atoms in total. The summed E-state index contributed by atoms with van der Waals surface area (Å²) < 4.78 is 5.83. The molecule has 2 atom stereocenters. The number of benzene rings is 1. The van der Waals surface area contributed by atoms with Crippen molar-refractivity contribution in [3.05, 3.63) is 29.3 Å². The summed E-state index contributed by atoms with van der Waals surface area (Å²) in [7, 11) is 0. The minimum absolute atomic E-state index is 0.0664. The van der Waals surface area contributed by atoms with Crippen LogP contribution in [-0.4, -0.2) is 41.1 Å². The highest BCUT2D eigenvalue weighted by atomic mass is 16.5. The molecular formula is C15H17NO4. The number of carboxylic acids is 1. The second-order valence-corrected chi connectivity index (χ2v) is 5.59. The molecule has 5 heteroatoms. The molecule has 3 rings (SSSR count). The number of likely N-dealkylation sites (tertiary alicyclic amines) is 1. The fourth-order valence-corrected chi connectivity index (χ4v) is 2.91. The van der Waals surface area contributed by atoms with Crippen molar-refractivity contribution >= 4 is 11.9 Å². The molecule has 0 radical (unpaired) electrons. The molecule has 1 fully saturated rings. The number of aryl methyl sites for hydroxylation is 1. The molecule has 1 N–H and O–H groups in total. The highest BCUT2D eigenvalue weighted by Gasteiger charge is 2.36. The summed E-state index contributed by atoms with van der Waals surface area (Å²) in [6.45, 7) is 2.80. The SMILES string of the molecule is Cc1ccc2c(c1)CC(CN1CC(C(=O)O)CC1=O)O2. The molecule has 1 aromatic carbocycles. The molecular weight excluding hydrogens is 258 g/mol. The molecule has 2 heterocycles. The summed E-state index contributed by atoms with van der Waals surface area (Å²) in [5.74, 6) is -0.684. The Labute approximate surface area is 117 Å². The van der Waals surface area contributed by atoms with Gasteiger partial charge < -0.3 is 14.7 Å². The second-order valence-electron chi connectivity index (χ2n) is 5.59. The topological polar surface area (TPSA) is 66.8 Å². The molecule has 0 saturated carbocycles. The first-order chi connectivity index (χ1) is 9.52. The van der Waals surface area contributed by atoms with Gasteiger partial charge in [0.1, 0.15) is 11.9 Å². The Morgan fingerprint density at radius 3 is 2.95 bits per heavy atom. The summed E-state index contributed by atoms with van der Waals surface area (Å²) in [5, 5.41) is 8.97. The number of nitrogens with zero attached hydrogens (tertiary/aromatic N) is 1. The molecule has 2 aliphatic rings. The quantitative estimate of drug-likeness (QED) is 0.901. The van der Waals surface area contributed by atoms with Crippen LogP contribution >= 0.6 is 0 Å². The van der Waals surface area contributed by atoms with Crippen LogP contribution in [0.1, 0.15) is 17.5 Å². The summed E-state index contributed by atoms with van der Waals surface area (Å²) in [5.41, 5.74) is 2.35. The molecule has 1 aromatic rings. The Morgan fingerprint density at radius 1 is 1.45 bits per heavy atom. The van der Waals surface area contributed by atoms with E-state index in [0.717, 1.165) is 17.7 Å². The zero-order valence-electron chi connectivity index (χ0n) is 11.3. The van der Waals surface area contributed by atoms with Gasteiger partial charge in [0, 0.05) is 19.4 Å². The number of carbonyl (C=O) groups is 2. The van der Waals surface area contributed by atoms with Crippen molar-refractivity contribution in [3.8, 4) is 5.75 Å². The summed E-state index contributed by atoms with van der Waals surface area (Å²) in [4.78, 5) is 24.4. The lowest BCUT2D eigenvalue weighted by Crippen LogP contribution is -2.36. The van der Waals surface area contributed by atoms with Crippen molar-refractivity contribution in [1.29, 1.82) is 0 Å². The Balaban J connectivity index is 1.64. The molecule has 0 bridgehead atoms. The third-order valence-electron chi connectivity index (χ3n) is 3.94. The van der Waals surface area contributed by atoms with Gasteiger partial charge in [-0.1, -0.05) is 17.7 Å². The lowest BCUT2D eigenvalue weighted by atomic mass is 10.1. The lowest BCUT2D eigenvalue weighted by molar-refractivity contribution is -0.141. The largest absolute Gasteiger partial charge is 0.488 e. The second kappa shape index (κ2) is 4.81. The predicted octanol–water partition coefficient (Wildman–Crippen LogP) is 1.23. The van der Waals surface area contributed by atoms with Crippen molar-refractivity contribution in [1.82, 2.24) is 4.90 Å². The minimum Gasteiger partial charge on any atom is -0.488 e. The summed E-state index contributed by atoms with van der Waals surface area (Å²) >= 11 is 0. The standard InChI is InChI=1S/C15H17NO4/c1-9-2-3-13-10(4-9)5-12(20-13)8-16-7-11(15(18)19)6-14(16)17/h2-4,11-12H,5-8H2,1H3,(H,18,19). The van der Waals surface area contributed by atoms with Crippen LogP contribution in [0.15, 0.2) is 18.2 Å². The van der Waals surface area contributed by atoms with Crippen LogP contribution in [0.25, 0.3) is 0 Å².